The SMILES string of the molecule is CCCN(CCC)C(=O)c1cccc(S(=O)(=O)N(CCc2cc(F)cc(F)c2)C[C@@H](O)CN[C@H]2CS(O)(O)Cc3ccc(CC)cc32)c1. The summed E-state index contributed by atoms with van der Waals surface area (Å²) in [6, 6.07) is 14.1. The largest absolute Gasteiger partial charge is 0.390 e. The van der Waals surface area contributed by atoms with Crippen LogP contribution in [0.1, 0.15) is 72.3 Å². The molecule has 0 bridgehead atoms. The van der Waals surface area contributed by atoms with Gasteiger partial charge in [-0.05, 0) is 78.3 Å². The Labute approximate surface area is 284 Å². The number of amides is 1. The Balaban J connectivity index is 1.58. The molecule has 4 rings (SSSR count). The summed E-state index contributed by atoms with van der Waals surface area (Å²) in [6.45, 7) is 6.35. The van der Waals surface area contributed by atoms with Crippen LogP contribution in [0.25, 0.3) is 0 Å². The van der Waals surface area contributed by atoms with Crippen molar-refractivity contribution in [3.05, 3.63) is 100 Å². The maximum absolute atomic E-state index is 14.1. The summed E-state index contributed by atoms with van der Waals surface area (Å²) < 4.78 is 78.4. The molecule has 0 aromatic heterocycles. The number of halogens is 2. The lowest BCUT2D eigenvalue weighted by Crippen LogP contribution is -2.44. The fourth-order valence-electron chi connectivity index (χ4n) is 6.03. The van der Waals surface area contributed by atoms with E-state index in [1.165, 1.54) is 18.2 Å². The van der Waals surface area contributed by atoms with E-state index in [1.807, 2.05) is 39.0 Å². The number of benzene rings is 3. The van der Waals surface area contributed by atoms with Gasteiger partial charge in [-0.25, -0.2) is 17.2 Å². The number of carbonyl (C=O) groups excluding carboxylic acids is 1. The van der Waals surface area contributed by atoms with Gasteiger partial charge in [0.2, 0.25) is 10.0 Å². The van der Waals surface area contributed by atoms with E-state index in [1.54, 1.807) is 11.0 Å². The van der Waals surface area contributed by atoms with Crippen molar-refractivity contribution >= 4 is 26.5 Å². The van der Waals surface area contributed by atoms with E-state index in [0.717, 1.165) is 58.5 Å². The average molecular weight is 708 g/mol. The minimum Gasteiger partial charge on any atom is -0.390 e. The number of aliphatic hydroxyl groups is 1. The highest BCUT2D eigenvalue weighted by molar-refractivity contribution is 8.23. The van der Waals surface area contributed by atoms with Crippen LogP contribution in [0.4, 0.5) is 8.78 Å². The molecule has 1 aliphatic heterocycles. The smallest absolute Gasteiger partial charge is 0.253 e. The summed E-state index contributed by atoms with van der Waals surface area (Å²) in [5.41, 5.74) is 3.26. The number of rotatable bonds is 16. The van der Waals surface area contributed by atoms with Crippen LogP contribution >= 0.6 is 10.6 Å². The van der Waals surface area contributed by atoms with Gasteiger partial charge in [0, 0.05) is 44.4 Å². The number of nitrogens with zero attached hydrogens (tertiary/aromatic N) is 2. The van der Waals surface area contributed by atoms with Crippen molar-refractivity contribution < 1.29 is 36.2 Å². The highest BCUT2D eigenvalue weighted by Gasteiger charge is 2.32. The second-order valence-corrected chi connectivity index (χ2v) is 16.5. The minimum atomic E-state index is -4.30. The average Bonchev–Trinajstić information content (AvgIpc) is 3.04. The van der Waals surface area contributed by atoms with Crippen LogP contribution in [0.5, 0.6) is 0 Å². The molecule has 0 unspecified atom stereocenters. The van der Waals surface area contributed by atoms with Crippen LogP contribution in [0.2, 0.25) is 0 Å². The lowest BCUT2D eigenvalue weighted by molar-refractivity contribution is 0.0755. The molecular weight excluding hydrogens is 661 g/mol. The van der Waals surface area contributed by atoms with Crippen molar-refractivity contribution in [2.75, 3.05) is 38.5 Å². The van der Waals surface area contributed by atoms with E-state index in [-0.39, 0.29) is 59.5 Å². The monoisotopic (exact) mass is 707 g/mol. The van der Waals surface area contributed by atoms with Gasteiger partial charge < -0.3 is 15.3 Å². The summed E-state index contributed by atoms with van der Waals surface area (Å²) in [5, 5.41) is 14.4. The molecule has 0 saturated heterocycles. The van der Waals surface area contributed by atoms with Crippen molar-refractivity contribution in [3.63, 3.8) is 0 Å². The van der Waals surface area contributed by atoms with Crippen molar-refractivity contribution in [2.24, 2.45) is 0 Å². The number of hydrogen-bond donors (Lipinski definition) is 4. The molecule has 4 N–H and O–H groups in total. The number of fused-ring (bicyclic) bond motifs is 1. The molecule has 0 spiro atoms. The number of hydrogen-bond acceptors (Lipinski definition) is 7. The van der Waals surface area contributed by atoms with Gasteiger partial charge in [0.1, 0.15) is 11.6 Å². The third kappa shape index (κ3) is 9.84. The zero-order valence-electron chi connectivity index (χ0n) is 27.7. The minimum absolute atomic E-state index is 0.0375. The zero-order valence-corrected chi connectivity index (χ0v) is 29.4. The summed E-state index contributed by atoms with van der Waals surface area (Å²) in [5.74, 6) is -1.66. The van der Waals surface area contributed by atoms with E-state index < -0.39 is 44.4 Å². The van der Waals surface area contributed by atoms with Crippen LogP contribution < -0.4 is 5.32 Å². The third-order valence-corrected chi connectivity index (χ3v) is 11.9. The van der Waals surface area contributed by atoms with Gasteiger partial charge in [-0.3, -0.25) is 13.9 Å². The van der Waals surface area contributed by atoms with Crippen LogP contribution in [0.3, 0.4) is 0 Å². The van der Waals surface area contributed by atoms with Gasteiger partial charge >= 0.3 is 0 Å². The lowest BCUT2D eigenvalue weighted by Gasteiger charge is -2.42. The standard InChI is InChI=1S/C35H47F2N3O6S2/c1-4-13-39(14-5-2)35(42)27-8-7-9-32(19-27)48(45,46)40(15-12-26-16-29(36)20-30(37)17-26)22-31(41)21-38-34-24-47(43,44)23-28-11-10-25(6-3)18-33(28)34/h7-11,16-20,31,34,38,41,43-44H,4-6,12-15,21-24H2,1-3H3/t31-,34-/m0/s1. The first-order chi connectivity index (χ1) is 22.8. The molecular formula is C35H47F2N3O6S2. The van der Waals surface area contributed by atoms with Crippen LogP contribution in [0, 0.1) is 11.6 Å². The van der Waals surface area contributed by atoms with Crippen molar-refractivity contribution in [3.8, 4) is 0 Å². The summed E-state index contributed by atoms with van der Waals surface area (Å²) >= 11 is 0. The Morgan fingerprint density at radius 3 is 2.29 bits per heavy atom. The van der Waals surface area contributed by atoms with Crippen molar-refractivity contribution in [2.45, 2.75) is 69.2 Å². The zero-order chi connectivity index (χ0) is 35.1. The van der Waals surface area contributed by atoms with E-state index in [4.69, 9.17) is 0 Å². The van der Waals surface area contributed by atoms with E-state index in [0.29, 0.717) is 13.1 Å². The van der Waals surface area contributed by atoms with Gasteiger partial charge in [-0.1, -0.05) is 45.0 Å². The summed E-state index contributed by atoms with van der Waals surface area (Å²) in [4.78, 5) is 14.8. The molecule has 1 amide bonds. The maximum atomic E-state index is 14.1. The first kappa shape index (κ1) is 37.9. The van der Waals surface area contributed by atoms with Gasteiger partial charge in [-0.2, -0.15) is 14.9 Å². The van der Waals surface area contributed by atoms with Crippen LogP contribution in [0.15, 0.2) is 65.6 Å². The number of aryl methyl sites for hydroxylation is 1. The highest BCUT2D eigenvalue weighted by Crippen LogP contribution is 2.50. The lowest BCUT2D eigenvalue weighted by atomic mass is 9.98. The highest BCUT2D eigenvalue weighted by atomic mass is 32.3. The number of aliphatic hydroxyl groups excluding tert-OH is 1. The fourth-order valence-corrected chi connectivity index (χ4v) is 9.26. The Morgan fingerprint density at radius 2 is 1.65 bits per heavy atom. The molecule has 0 aliphatic carbocycles. The quantitative estimate of drug-likeness (QED) is 0.144. The van der Waals surface area contributed by atoms with Gasteiger partial charge in [0.05, 0.1) is 28.5 Å². The molecule has 1 aliphatic rings. The van der Waals surface area contributed by atoms with Crippen LogP contribution in [-0.4, -0.2) is 82.3 Å². The Bertz CT molecular complexity index is 1650. The van der Waals surface area contributed by atoms with Crippen molar-refractivity contribution in [1.82, 2.24) is 14.5 Å². The third-order valence-electron chi connectivity index (χ3n) is 8.39. The first-order valence-corrected chi connectivity index (χ1v) is 19.7. The van der Waals surface area contributed by atoms with Crippen molar-refractivity contribution in [1.29, 1.82) is 0 Å². The predicted molar refractivity (Wildman–Crippen MR) is 186 cm³/mol. The maximum Gasteiger partial charge on any atom is 0.253 e. The van der Waals surface area contributed by atoms with Gasteiger partial charge in [0.25, 0.3) is 5.91 Å². The Kier molecular flexibility index (Phi) is 13.2. The molecule has 9 nitrogen and oxygen atoms in total. The molecule has 1 heterocycles. The normalized spacial score (nSPS) is 17.1. The number of carbonyl (C=O) groups is 1. The van der Waals surface area contributed by atoms with E-state index >= 15 is 0 Å². The predicted octanol–water partition coefficient (Wildman–Crippen LogP) is 5.98. The summed E-state index contributed by atoms with van der Waals surface area (Å²) in [6.07, 6.45) is 1.01. The van der Waals surface area contributed by atoms with Gasteiger partial charge in [-0.15, -0.1) is 0 Å². The molecule has 264 valence electrons. The topological polar surface area (TPSA) is 130 Å². The Morgan fingerprint density at radius 1 is 0.958 bits per heavy atom. The Hall–Kier alpha value is -2.91. The molecule has 0 saturated carbocycles. The number of sulfonamides is 1. The second kappa shape index (κ2) is 16.7. The van der Waals surface area contributed by atoms with Gasteiger partial charge in [0.15, 0.2) is 0 Å². The van der Waals surface area contributed by atoms with Crippen LogP contribution in [-0.2, 0) is 28.6 Å². The first-order valence-electron chi connectivity index (χ1n) is 16.4. The molecule has 0 fully saturated rings. The van der Waals surface area contributed by atoms with E-state index in [9.17, 15) is 36.2 Å². The number of nitrogens with one attached hydrogen (secondary N) is 1. The summed E-state index contributed by atoms with van der Waals surface area (Å²) in [7, 11) is -7.21. The molecule has 13 heteroatoms. The van der Waals surface area contributed by atoms with E-state index in [2.05, 4.69) is 5.32 Å². The molecule has 3 aromatic rings. The fraction of sp³-hybridized carbons (Fsp3) is 0.457. The molecule has 0 radical (unpaired) electrons. The molecule has 2 atom stereocenters. The molecule has 3 aromatic carbocycles. The second-order valence-electron chi connectivity index (χ2n) is 12.3. The molecule has 48 heavy (non-hydrogen) atoms.